The maximum atomic E-state index is 4.95. The van der Waals surface area contributed by atoms with Crippen LogP contribution in [0.2, 0.25) is 0 Å². The first-order valence-corrected chi connectivity index (χ1v) is 15.4. The Morgan fingerprint density at radius 2 is 1.24 bits per heavy atom. The summed E-state index contributed by atoms with van der Waals surface area (Å²) in [6.07, 6.45) is 1.92. The van der Waals surface area contributed by atoms with Gasteiger partial charge in [-0.05, 0) is 102 Å². The Kier molecular flexibility index (Phi) is 5.21. The first-order chi connectivity index (χ1) is 21.6. The van der Waals surface area contributed by atoms with E-state index in [1.54, 1.807) is 0 Å². The van der Waals surface area contributed by atoms with Crippen molar-refractivity contribution in [3.63, 3.8) is 0 Å². The lowest BCUT2D eigenvalue weighted by molar-refractivity contribution is 0.660. The highest BCUT2D eigenvalue weighted by Gasteiger charge is 2.35. The van der Waals surface area contributed by atoms with E-state index in [2.05, 4.69) is 140 Å². The highest BCUT2D eigenvalue weighted by molar-refractivity contribution is 6.33. The summed E-state index contributed by atoms with van der Waals surface area (Å²) >= 11 is 0. The average Bonchev–Trinajstić information content (AvgIpc) is 3.52. The zero-order valence-electron chi connectivity index (χ0n) is 24.6. The number of hydrogen-bond donors (Lipinski definition) is 0. The molecule has 214 valence electrons. The number of rotatable bonds is 2. The summed E-state index contributed by atoms with van der Waals surface area (Å²) in [7, 11) is 0. The van der Waals surface area contributed by atoms with Crippen LogP contribution in [0.1, 0.15) is 32.4 Å². The Balaban J connectivity index is 0.00000281. The van der Waals surface area contributed by atoms with E-state index in [9.17, 15) is 0 Å². The van der Waals surface area contributed by atoms with Crippen molar-refractivity contribution < 1.29 is 0 Å². The predicted molar refractivity (Wildman–Crippen MR) is 192 cm³/mol. The van der Waals surface area contributed by atoms with Gasteiger partial charge in [-0.3, -0.25) is 4.98 Å². The predicted octanol–water partition coefficient (Wildman–Crippen LogP) is 11.7. The van der Waals surface area contributed by atoms with Crippen LogP contribution in [0.25, 0.3) is 82.2 Å². The third-order valence-electron chi connectivity index (χ3n) is 10.2. The van der Waals surface area contributed by atoms with Gasteiger partial charge in [0.25, 0.3) is 0 Å². The molecule has 0 spiro atoms. The van der Waals surface area contributed by atoms with Crippen LogP contribution in [0.15, 0.2) is 134 Å². The molecule has 0 aliphatic heterocycles. The fourth-order valence-electron chi connectivity index (χ4n) is 8.16. The number of aromatic nitrogens is 2. The quantitative estimate of drug-likeness (QED) is 0.187. The van der Waals surface area contributed by atoms with E-state index in [4.69, 9.17) is 4.98 Å². The molecule has 2 nitrogen and oxygen atoms in total. The van der Waals surface area contributed by atoms with Crippen LogP contribution in [0.4, 0.5) is 0 Å². The lowest BCUT2D eigenvalue weighted by Crippen LogP contribution is -2.14. The van der Waals surface area contributed by atoms with Crippen LogP contribution in [0.5, 0.6) is 0 Å². The van der Waals surface area contributed by atoms with Crippen molar-refractivity contribution in [1.82, 2.24) is 9.55 Å². The number of pyridine rings is 1. The normalized spacial score (nSPS) is 13.6. The minimum absolute atomic E-state index is 0. The average molecular weight is 577 g/mol. The second-order valence-electron chi connectivity index (χ2n) is 12.8. The van der Waals surface area contributed by atoms with E-state index < -0.39 is 0 Å². The molecule has 2 heterocycles. The zero-order chi connectivity index (χ0) is 29.2. The van der Waals surface area contributed by atoms with Crippen LogP contribution < -0.4 is 0 Å². The molecule has 0 fully saturated rings. The van der Waals surface area contributed by atoms with Crippen LogP contribution in [0.3, 0.4) is 0 Å². The summed E-state index contributed by atoms with van der Waals surface area (Å²) in [5, 5.41) is 8.96. The smallest absolute Gasteiger partial charge is 0.0969 e. The molecule has 0 atom stereocenters. The summed E-state index contributed by atoms with van der Waals surface area (Å²) in [6.45, 7) is 4.72. The maximum absolute atomic E-state index is 4.95. The van der Waals surface area contributed by atoms with Crippen molar-refractivity contribution in [3.8, 4) is 27.9 Å². The molecule has 45 heavy (non-hydrogen) atoms. The van der Waals surface area contributed by atoms with E-state index in [1.165, 1.54) is 76.6 Å². The Hall–Kier alpha value is -5.47. The third-order valence-corrected chi connectivity index (χ3v) is 10.2. The Morgan fingerprint density at radius 1 is 0.533 bits per heavy atom. The molecule has 0 N–H and O–H groups in total. The standard InChI is InChI=1S/C42H28N2.CH4/c1-42(2)34-12-7-6-11-30(34)31-19-16-26(23-35(31)42)29-18-14-25-15-21-33-39-27(17-20-32(29)38(25)39)24-37-40(33)41-36(13-8-22-43-41)44(37)28-9-4-3-5-10-28;/h3-24H,1-2H3;1H4. The fraction of sp³-hybridized carbons (Fsp3) is 0.0930. The van der Waals surface area contributed by atoms with Gasteiger partial charge in [0, 0.05) is 22.7 Å². The fourth-order valence-corrected chi connectivity index (χ4v) is 8.16. The number of fused-ring (bicyclic) bond motifs is 7. The van der Waals surface area contributed by atoms with Gasteiger partial charge < -0.3 is 4.57 Å². The summed E-state index contributed by atoms with van der Waals surface area (Å²) in [5.41, 5.74) is 12.6. The topological polar surface area (TPSA) is 17.8 Å². The van der Waals surface area contributed by atoms with Gasteiger partial charge >= 0.3 is 0 Å². The minimum Gasteiger partial charge on any atom is -0.308 e. The van der Waals surface area contributed by atoms with Crippen LogP contribution >= 0.6 is 0 Å². The van der Waals surface area contributed by atoms with Crippen molar-refractivity contribution in [1.29, 1.82) is 0 Å². The van der Waals surface area contributed by atoms with Gasteiger partial charge in [0.05, 0.1) is 16.6 Å². The molecule has 0 unspecified atom stereocenters. The van der Waals surface area contributed by atoms with E-state index in [1.807, 2.05) is 12.3 Å². The van der Waals surface area contributed by atoms with Gasteiger partial charge in [0.1, 0.15) is 0 Å². The lowest BCUT2D eigenvalue weighted by atomic mass is 9.81. The van der Waals surface area contributed by atoms with Crippen molar-refractivity contribution in [3.05, 3.63) is 145 Å². The molecule has 1 aliphatic rings. The van der Waals surface area contributed by atoms with Crippen LogP contribution in [-0.4, -0.2) is 9.55 Å². The second-order valence-corrected chi connectivity index (χ2v) is 12.8. The van der Waals surface area contributed by atoms with Gasteiger partial charge in [0.2, 0.25) is 0 Å². The summed E-state index contributed by atoms with van der Waals surface area (Å²) in [4.78, 5) is 4.95. The molecule has 1 aliphatic carbocycles. The molecule has 2 aromatic heterocycles. The molecule has 10 rings (SSSR count). The van der Waals surface area contributed by atoms with E-state index in [0.29, 0.717) is 0 Å². The molecule has 0 saturated carbocycles. The Bertz CT molecular complexity index is 2620. The Labute approximate surface area is 262 Å². The second kappa shape index (κ2) is 9.03. The van der Waals surface area contributed by atoms with Gasteiger partial charge in [-0.25, -0.2) is 0 Å². The molecule has 0 radical (unpaired) electrons. The third kappa shape index (κ3) is 3.32. The van der Waals surface area contributed by atoms with Crippen molar-refractivity contribution in [2.24, 2.45) is 0 Å². The van der Waals surface area contributed by atoms with E-state index in [0.717, 1.165) is 16.7 Å². The highest BCUT2D eigenvalue weighted by Crippen LogP contribution is 2.50. The first kappa shape index (κ1) is 26.0. The Morgan fingerprint density at radius 3 is 2.13 bits per heavy atom. The van der Waals surface area contributed by atoms with E-state index >= 15 is 0 Å². The molecular formula is C43H32N2. The number of para-hydroxylation sites is 1. The minimum atomic E-state index is -0.0305. The number of hydrogen-bond acceptors (Lipinski definition) is 1. The monoisotopic (exact) mass is 576 g/mol. The zero-order valence-corrected chi connectivity index (χ0v) is 24.6. The number of benzene rings is 7. The van der Waals surface area contributed by atoms with Gasteiger partial charge in [-0.2, -0.15) is 0 Å². The van der Waals surface area contributed by atoms with Gasteiger partial charge in [0.15, 0.2) is 0 Å². The van der Waals surface area contributed by atoms with Crippen molar-refractivity contribution >= 4 is 54.3 Å². The van der Waals surface area contributed by atoms with E-state index in [-0.39, 0.29) is 12.8 Å². The van der Waals surface area contributed by atoms with Crippen LogP contribution in [0, 0.1) is 0 Å². The van der Waals surface area contributed by atoms with Crippen molar-refractivity contribution in [2.45, 2.75) is 26.7 Å². The first-order valence-electron chi connectivity index (χ1n) is 15.4. The molecule has 0 saturated heterocycles. The summed E-state index contributed by atoms with van der Waals surface area (Å²) in [6, 6.07) is 47.1. The molecule has 9 aromatic rings. The van der Waals surface area contributed by atoms with Gasteiger partial charge in [-0.15, -0.1) is 0 Å². The summed E-state index contributed by atoms with van der Waals surface area (Å²) < 4.78 is 2.36. The maximum Gasteiger partial charge on any atom is 0.0969 e. The van der Waals surface area contributed by atoms with Crippen LogP contribution in [-0.2, 0) is 5.41 Å². The lowest BCUT2D eigenvalue weighted by Gasteiger charge is -2.22. The molecule has 7 aromatic carbocycles. The summed E-state index contributed by atoms with van der Waals surface area (Å²) in [5.74, 6) is 0. The SMILES string of the molecule is C.CC1(C)c2ccccc2-c2ccc(-c3ccc4ccc5c6c(ccc3c46)cc3c5c4ncccc4n3-c3ccccc3)cc21. The largest absolute Gasteiger partial charge is 0.308 e. The van der Waals surface area contributed by atoms with Crippen molar-refractivity contribution in [2.75, 3.05) is 0 Å². The molecule has 2 heteroatoms. The number of nitrogens with zero attached hydrogens (tertiary/aromatic N) is 2. The molecule has 0 bridgehead atoms. The molecular weight excluding hydrogens is 544 g/mol. The van der Waals surface area contributed by atoms with Gasteiger partial charge in [-0.1, -0.05) is 112 Å². The highest BCUT2D eigenvalue weighted by atomic mass is 15.0. The molecule has 0 amide bonds.